The van der Waals surface area contributed by atoms with Gasteiger partial charge in [-0.1, -0.05) is 30.3 Å². The van der Waals surface area contributed by atoms with Crippen LogP contribution < -0.4 is 10.6 Å². The molecule has 1 fully saturated rings. The molecule has 0 aliphatic carbocycles. The molecule has 2 N–H and O–H groups in total. The molecule has 0 saturated carbocycles. The highest BCUT2D eigenvalue weighted by Crippen LogP contribution is 2.07. The van der Waals surface area contributed by atoms with E-state index in [0.717, 1.165) is 12.1 Å². The van der Waals surface area contributed by atoms with Crippen LogP contribution in [0.4, 0.5) is 4.79 Å². The molecule has 2 rings (SSSR count). The van der Waals surface area contributed by atoms with Gasteiger partial charge < -0.3 is 15.5 Å². The van der Waals surface area contributed by atoms with E-state index in [1.807, 2.05) is 42.3 Å². The number of carbonyl (C=O) groups is 1. The maximum absolute atomic E-state index is 11.6. The van der Waals surface area contributed by atoms with Crippen LogP contribution in [0.2, 0.25) is 0 Å². The first-order valence-electron chi connectivity index (χ1n) is 5.53. The van der Waals surface area contributed by atoms with Gasteiger partial charge in [-0.15, -0.1) is 0 Å². The second-order valence-corrected chi connectivity index (χ2v) is 4.04. The number of nitrogens with zero attached hydrogens (tertiary/aromatic N) is 1. The number of hydrogen-bond donors (Lipinski definition) is 2. The first-order valence-corrected chi connectivity index (χ1v) is 5.53. The molecule has 1 aromatic rings. The Balaban J connectivity index is 2.00. The Morgan fingerprint density at radius 2 is 2.19 bits per heavy atom. The van der Waals surface area contributed by atoms with Crippen molar-refractivity contribution in [2.24, 2.45) is 0 Å². The van der Waals surface area contributed by atoms with E-state index in [0.29, 0.717) is 19.1 Å². The average molecular weight is 219 g/mol. The molecule has 0 radical (unpaired) electrons. The molecule has 2 amide bonds. The number of amides is 2. The number of hydrogen-bond acceptors (Lipinski definition) is 2. The highest BCUT2D eigenvalue weighted by Gasteiger charge is 2.23. The van der Waals surface area contributed by atoms with E-state index in [1.165, 1.54) is 0 Å². The third-order valence-corrected chi connectivity index (χ3v) is 2.85. The predicted octanol–water partition coefficient (Wildman–Crippen LogP) is 0.800. The lowest BCUT2D eigenvalue weighted by Gasteiger charge is -2.33. The van der Waals surface area contributed by atoms with Crippen LogP contribution in [0.25, 0.3) is 0 Å². The van der Waals surface area contributed by atoms with Crippen molar-refractivity contribution in [2.75, 3.05) is 20.1 Å². The molecular weight excluding hydrogens is 202 g/mol. The van der Waals surface area contributed by atoms with Crippen LogP contribution in [0, 0.1) is 0 Å². The molecule has 86 valence electrons. The molecule has 1 heterocycles. The molecule has 1 unspecified atom stereocenters. The summed E-state index contributed by atoms with van der Waals surface area (Å²) in [6, 6.07) is 10.4. The number of nitrogens with one attached hydrogen (secondary N) is 2. The Bertz CT molecular complexity index is 353. The van der Waals surface area contributed by atoms with E-state index < -0.39 is 0 Å². The van der Waals surface area contributed by atoms with Crippen molar-refractivity contribution in [1.82, 2.24) is 15.5 Å². The van der Waals surface area contributed by atoms with Gasteiger partial charge in [-0.05, 0) is 12.6 Å². The Morgan fingerprint density at radius 3 is 2.88 bits per heavy atom. The van der Waals surface area contributed by atoms with Gasteiger partial charge in [-0.25, -0.2) is 4.79 Å². The van der Waals surface area contributed by atoms with Gasteiger partial charge in [0.25, 0.3) is 0 Å². The van der Waals surface area contributed by atoms with Gasteiger partial charge in [-0.3, -0.25) is 0 Å². The van der Waals surface area contributed by atoms with Crippen molar-refractivity contribution in [3.8, 4) is 0 Å². The molecule has 1 aromatic carbocycles. The third kappa shape index (κ3) is 2.52. The summed E-state index contributed by atoms with van der Waals surface area (Å²) in [7, 11) is 1.92. The fraction of sp³-hybridized carbons (Fsp3) is 0.417. The zero-order valence-corrected chi connectivity index (χ0v) is 9.44. The standard InChI is InChI=1S/C12H17N3O/c1-13-11-7-14-12(16)15(9-11)8-10-5-3-2-4-6-10/h2-6,11,13H,7-9H2,1H3,(H,14,16). The van der Waals surface area contributed by atoms with Crippen LogP contribution in [0.5, 0.6) is 0 Å². The monoisotopic (exact) mass is 219 g/mol. The van der Waals surface area contributed by atoms with Crippen molar-refractivity contribution in [1.29, 1.82) is 0 Å². The molecule has 0 spiro atoms. The Labute approximate surface area is 95.6 Å². The molecule has 1 aliphatic rings. The number of urea groups is 1. The highest BCUT2D eigenvalue weighted by molar-refractivity contribution is 5.75. The van der Waals surface area contributed by atoms with E-state index in [2.05, 4.69) is 10.6 Å². The maximum atomic E-state index is 11.6. The Kier molecular flexibility index (Phi) is 3.41. The maximum Gasteiger partial charge on any atom is 0.317 e. The van der Waals surface area contributed by atoms with Crippen molar-refractivity contribution in [3.05, 3.63) is 35.9 Å². The average Bonchev–Trinajstić information content (AvgIpc) is 2.33. The van der Waals surface area contributed by atoms with E-state index in [9.17, 15) is 4.79 Å². The fourth-order valence-corrected chi connectivity index (χ4v) is 1.87. The summed E-state index contributed by atoms with van der Waals surface area (Å²) in [4.78, 5) is 13.5. The van der Waals surface area contributed by atoms with Crippen molar-refractivity contribution in [2.45, 2.75) is 12.6 Å². The summed E-state index contributed by atoms with van der Waals surface area (Å²) in [5, 5.41) is 6.06. The van der Waals surface area contributed by atoms with Crippen LogP contribution in [0.1, 0.15) is 5.56 Å². The van der Waals surface area contributed by atoms with E-state index >= 15 is 0 Å². The van der Waals surface area contributed by atoms with Gasteiger partial charge in [-0.2, -0.15) is 0 Å². The van der Waals surface area contributed by atoms with Crippen molar-refractivity contribution < 1.29 is 4.79 Å². The summed E-state index contributed by atoms with van der Waals surface area (Å²) in [6.45, 7) is 2.14. The lowest BCUT2D eigenvalue weighted by molar-refractivity contribution is 0.172. The third-order valence-electron chi connectivity index (χ3n) is 2.85. The Morgan fingerprint density at radius 1 is 1.44 bits per heavy atom. The number of benzene rings is 1. The largest absolute Gasteiger partial charge is 0.336 e. The summed E-state index contributed by atoms with van der Waals surface area (Å²) < 4.78 is 0. The van der Waals surface area contributed by atoms with Crippen molar-refractivity contribution in [3.63, 3.8) is 0 Å². The van der Waals surface area contributed by atoms with Crippen LogP contribution in [-0.2, 0) is 6.54 Å². The fourth-order valence-electron chi connectivity index (χ4n) is 1.87. The minimum absolute atomic E-state index is 0.0235. The predicted molar refractivity (Wildman–Crippen MR) is 63.1 cm³/mol. The molecule has 16 heavy (non-hydrogen) atoms. The lowest BCUT2D eigenvalue weighted by atomic mass is 10.2. The summed E-state index contributed by atoms with van der Waals surface area (Å²) in [6.07, 6.45) is 0. The van der Waals surface area contributed by atoms with Gasteiger partial charge in [0.2, 0.25) is 0 Å². The van der Waals surface area contributed by atoms with Gasteiger partial charge in [0.1, 0.15) is 0 Å². The minimum Gasteiger partial charge on any atom is -0.336 e. The summed E-state index contributed by atoms with van der Waals surface area (Å²) >= 11 is 0. The first-order chi connectivity index (χ1) is 7.79. The molecule has 0 aromatic heterocycles. The second-order valence-electron chi connectivity index (χ2n) is 4.04. The smallest absolute Gasteiger partial charge is 0.317 e. The zero-order chi connectivity index (χ0) is 11.4. The van der Waals surface area contributed by atoms with Gasteiger partial charge >= 0.3 is 6.03 Å². The Hall–Kier alpha value is -1.55. The van der Waals surface area contributed by atoms with Gasteiger partial charge in [0, 0.05) is 25.7 Å². The van der Waals surface area contributed by atoms with Crippen LogP contribution in [0.15, 0.2) is 30.3 Å². The van der Waals surface area contributed by atoms with Crippen molar-refractivity contribution >= 4 is 6.03 Å². The lowest BCUT2D eigenvalue weighted by Crippen LogP contribution is -2.56. The highest BCUT2D eigenvalue weighted by atomic mass is 16.2. The molecule has 0 bridgehead atoms. The van der Waals surface area contributed by atoms with E-state index in [-0.39, 0.29) is 6.03 Å². The number of carbonyl (C=O) groups excluding carboxylic acids is 1. The van der Waals surface area contributed by atoms with Crippen LogP contribution >= 0.6 is 0 Å². The minimum atomic E-state index is 0.0235. The molecule has 1 aliphatic heterocycles. The molecule has 1 saturated heterocycles. The molecule has 1 atom stereocenters. The normalized spacial score (nSPS) is 20.7. The number of likely N-dealkylation sites (N-methyl/N-ethyl adjacent to an activating group) is 1. The summed E-state index contributed by atoms with van der Waals surface area (Å²) in [5.74, 6) is 0. The van der Waals surface area contributed by atoms with Gasteiger partial charge in [0.15, 0.2) is 0 Å². The summed E-state index contributed by atoms with van der Waals surface area (Å²) in [5.41, 5.74) is 1.16. The van der Waals surface area contributed by atoms with E-state index in [1.54, 1.807) is 0 Å². The number of rotatable bonds is 3. The molecular formula is C12H17N3O. The first kappa shape index (κ1) is 11.0. The second kappa shape index (κ2) is 4.99. The topological polar surface area (TPSA) is 44.4 Å². The quantitative estimate of drug-likeness (QED) is 0.789. The molecule has 4 nitrogen and oxygen atoms in total. The zero-order valence-electron chi connectivity index (χ0n) is 9.44. The van der Waals surface area contributed by atoms with Gasteiger partial charge in [0.05, 0.1) is 0 Å². The van der Waals surface area contributed by atoms with Crippen LogP contribution in [0.3, 0.4) is 0 Å². The van der Waals surface area contributed by atoms with E-state index in [4.69, 9.17) is 0 Å². The molecule has 4 heteroatoms. The van der Waals surface area contributed by atoms with Crippen LogP contribution in [-0.4, -0.2) is 37.1 Å². The SMILES string of the molecule is CNC1CNC(=O)N(Cc2ccccc2)C1.